The highest BCUT2D eigenvalue weighted by Gasteiger charge is 2.26. The average Bonchev–Trinajstić information content (AvgIpc) is 2.19. The van der Waals surface area contributed by atoms with Crippen molar-refractivity contribution in [1.29, 1.82) is 0 Å². The molecule has 0 aromatic rings. The first-order valence-electron chi connectivity index (χ1n) is 5.02. The maximum Gasteiger partial charge on any atom is 0.312 e. The summed E-state index contributed by atoms with van der Waals surface area (Å²) in [7, 11) is 0. The van der Waals surface area contributed by atoms with Gasteiger partial charge in [-0.3, -0.25) is 0 Å². The second-order valence-electron chi connectivity index (χ2n) is 3.64. The van der Waals surface area contributed by atoms with E-state index in [-0.39, 0.29) is 5.41 Å². The molecule has 0 fully saturated rings. The van der Waals surface area contributed by atoms with Crippen LogP contribution in [0.25, 0.3) is 0 Å². The number of nitrogens with one attached hydrogen (secondary N) is 2. The van der Waals surface area contributed by atoms with Crippen LogP contribution >= 0.6 is 0 Å². The van der Waals surface area contributed by atoms with E-state index in [9.17, 15) is 9.59 Å². The Bertz CT molecular complexity index is 206. The molecule has 6 N–H and O–H groups in total. The van der Waals surface area contributed by atoms with E-state index in [1.165, 1.54) is 0 Å². The van der Waals surface area contributed by atoms with Gasteiger partial charge >= 0.3 is 12.1 Å². The Morgan fingerprint density at radius 2 is 1.33 bits per heavy atom. The average molecular weight is 216 g/mol. The fourth-order valence-corrected chi connectivity index (χ4v) is 1.36. The molecule has 0 spiro atoms. The number of amides is 4. The smallest absolute Gasteiger partial charge is 0.312 e. The van der Waals surface area contributed by atoms with E-state index in [1.807, 2.05) is 13.8 Å². The van der Waals surface area contributed by atoms with Crippen molar-refractivity contribution in [3.8, 4) is 0 Å². The Morgan fingerprint density at radius 1 is 1.00 bits per heavy atom. The van der Waals surface area contributed by atoms with Gasteiger partial charge in [-0.25, -0.2) is 9.59 Å². The van der Waals surface area contributed by atoms with Gasteiger partial charge in [-0.05, 0) is 12.8 Å². The molecule has 0 heterocycles. The van der Waals surface area contributed by atoms with Gasteiger partial charge in [0.15, 0.2) is 0 Å². The first kappa shape index (κ1) is 13.5. The second kappa shape index (κ2) is 6.10. The number of hydrogen-bond acceptors (Lipinski definition) is 2. The largest absolute Gasteiger partial charge is 0.352 e. The van der Waals surface area contributed by atoms with E-state index in [0.717, 1.165) is 12.8 Å². The minimum absolute atomic E-state index is 0.177. The highest BCUT2D eigenvalue weighted by molar-refractivity contribution is 5.72. The summed E-state index contributed by atoms with van der Waals surface area (Å²) in [5.41, 5.74) is 9.83. The number of carbonyl (C=O) groups is 2. The van der Waals surface area contributed by atoms with Gasteiger partial charge in [0, 0.05) is 18.5 Å². The SMILES string of the molecule is CCC(CC)(CNC(N)=O)CNC(N)=O. The van der Waals surface area contributed by atoms with Crippen LogP contribution in [0.5, 0.6) is 0 Å². The summed E-state index contributed by atoms with van der Waals surface area (Å²) >= 11 is 0. The van der Waals surface area contributed by atoms with Gasteiger partial charge in [-0.1, -0.05) is 13.8 Å². The van der Waals surface area contributed by atoms with Gasteiger partial charge in [0.25, 0.3) is 0 Å². The Hall–Kier alpha value is -1.46. The molecule has 0 rings (SSSR count). The van der Waals surface area contributed by atoms with Crippen molar-refractivity contribution in [3.05, 3.63) is 0 Å². The van der Waals surface area contributed by atoms with Crippen molar-refractivity contribution in [2.24, 2.45) is 16.9 Å². The lowest BCUT2D eigenvalue weighted by molar-refractivity contribution is 0.215. The first-order chi connectivity index (χ1) is 6.95. The van der Waals surface area contributed by atoms with Gasteiger partial charge in [-0.15, -0.1) is 0 Å². The molecule has 6 nitrogen and oxygen atoms in total. The number of rotatable bonds is 6. The molecule has 0 aromatic heterocycles. The van der Waals surface area contributed by atoms with E-state index in [4.69, 9.17) is 11.5 Å². The van der Waals surface area contributed by atoms with E-state index in [0.29, 0.717) is 13.1 Å². The summed E-state index contributed by atoms with van der Waals surface area (Å²) in [6.45, 7) is 4.87. The molecule has 0 saturated heterocycles. The standard InChI is InChI=1S/C9H20N4O2/c1-3-9(4-2,5-12-7(10)14)6-13-8(11)15/h3-6H2,1-2H3,(H3,10,12,14)(H3,11,13,15). The van der Waals surface area contributed by atoms with Gasteiger partial charge < -0.3 is 22.1 Å². The molecule has 0 atom stereocenters. The predicted molar refractivity (Wildman–Crippen MR) is 58.2 cm³/mol. The van der Waals surface area contributed by atoms with Crippen molar-refractivity contribution in [2.45, 2.75) is 26.7 Å². The third-order valence-corrected chi connectivity index (χ3v) is 2.78. The van der Waals surface area contributed by atoms with Crippen molar-refractivity contribution in [2.75, 3.05) is 13.1 Å². The molecule has 0 aliphatic carbocycles. The van der Waals surface area contributed by atoms with Gasteiger partial charge in [0.05, 0.1) is 0 Å². The summed E-state index contributed by atoms with van der Waals surface area (Å²) in [5, 5.41) is 5.12. The zero-order chi connectivity index (χ0) is 11.9. The molecule has 0 aliphatic heterocycles. The van der Waals surface area contributed by atoms with Crippen molar-refractivity contribution in [1.82, 2.24) is 10.6 Å². The molecule has 4 amide bonds. The van der Waals surface area contributed by atoms with Crippen LogP contribution < -0.4 is 22.1 Å². The van der Waals surface area contributed by atoms with Gasteiger partial charge in [0.1, 0.15) is 0 Å². The highest BCUT2D eigenvalue weighted by Crippen LogP contribution is 2.24. The molecule has 0 unspecified atom stereocenters. The number of urea groups is 2. The van der Waals surface area contributed by atoms with Crippen LogP contribution in [0.1, 0.15) is 26.7 Å². The van der Waals surface area contributed by atoms with Crippen LogP contribution in [0.2, 0.25) is 0 Å². The minimum atomic E-state index is -0.555. The molecule has 15 heavy (non-hydrogen) atoms. The van der Waals surface area contributed by atoms with E-state index in [1.54, 1.807) is 0 Å². The Morgan fingerprint density at radius 3 is 1.53 bits per heavy atom. The lowest BCUT2D eigenvalue weighted by atomic mass is 9.82. The van der Waals surface area contributed by atoms with Crippen LogP contribution in [0.15, 0.2) is 0 Å². The third kappa shape index (κ3) is 5.09. The minimum Gasteiger partial charge on any atom is -0.352 e. The summed E-state index contributed by atoms with van der Waals surface area (Å²) in [5.74, 6) is 0. The molecule has 0 radical (unpaired) electrons. The van der Waals surface area contributed by atoms with E-state index < -0.39 is 12.1 Å². The van der Waals surface area contributed by atoms with Crippen LogP contribution in [-0.2, 0) is 0 Å². The van der Waals surface area contributed by atoms with Crippen molar-refractivity contribution < 1.29 is 9.59 Å². The molecular weight excluding hydrogens is 196 g/mol. The number of nitrogens with two attached hydrogens (primary N) is 2. The summed E-state index contributed by atoms with van der Waals surface area (Å²) in [6, 6.07) is -1.11. The topological polar surface area (TPSA) is 110 Å². The van der Waals surface area contributed by atoms with Crippen LogP contribution in [-0.4, -0.2) is 25.2 Å². The quantitative estimate of drug-likeness (QED) is 0.506. The van der Waals surface area contributed by atoms with Crippen molar-refractivity contribution >= 4 is 12.1 Å². The number of primary amides is 2. The molecule has 0 saturated carbocycles. The Kier molecular flexibility index (Phi) is 5.51. The summed E-state index contributed by atoms with van der Waals surface area (Å²) in [4.78, 5) is 21.2. The molecule has 0 aliphatic rings. The zero-order valence-electron chi connectivity index (χ0n) is 9.30. The van der Waals surface area contributed by atoms with Gasteiger partial charge in [0.2, 0.25) is 0 Å². The van der Waals surface area contributed by atoms with Gasteiger partial charge in [-0.2, -0.15) is 0 Å². The van der Waals surface area contributed by atoms with Crippen LogP contribution in [0.3, 0.4) is 0 Å². The monoisotopic (exact) mass is 216 g/mol. The lowest BCUT2D eigenvalue weighted by Crippen LogP contribution is -2.47. The van der Waals surface area contributed by atoms with Crippen LogP contribution in [0, 0.1) is 5.41 Å². The third-order valence-electron chi connectivity index (χ3n) is 2.78. The maximum atomic E-state index is 10.6. The summed E-state index contributed by atoms with van der Waals surface area (Å²) in [6.07, 6.45) is 1.65. The molecule has 88 valence electrons. The number of carbonyl (C=O) groups excluding carboxylic acids is 2. The van der Waals surface area contributed by atoms with Crippen molar-refractivity contribution in [3.63, 3.8) is 0 Å². The molecule has 0 bridgehead atoms. The Balaban J connectivity index is 4.29. The molecule has 6 heteroatoms. The Labute approximate surface area is 89.8 Å². The molecule has 0 aromatic carbocycles. The number of hydrogen-bond donors (Lipinski definition) is 4. The normalized spacial score (nSPS) is 10.8. The predicted octanol–water partition coefficient (Wildman–Crippen LogP) is 0.129. The first-order valence-corrected chi connectivity index (χ1v) is 5.02. The second-order valence-corrected chi connectivity index (χ2v) is 3.64. The van der Waals surface area contributed by atoms with E-state index >= 15 is 0 Å². The fourth-order valence-electron chi connectivity index (χ4n) is 1.36. The highest BCUT2D eigenvalue weighted by atomic mass is 16.2. The fraction of sp³-hybridized carbons (Fsp3) is 0.778. The van der Waals surface area contributed by atoms with Crippen LogP contribution in [0.4, 0.5) is 9.59 Å². The summed E-state index contributed by atoms with van der Waals surface area (Å²) < 4.78 is 0. The lowest BCUT2D eigenvalue weighted by Gasteiger charge is -2.31. The maximum absolute atomic E-state index is 10.6. The molecular formula is C9H20N4O2. The zero-order valence-corrected chi connectivity index (χ0v) is 9.30. The van der Waals surface area contributed by atoms with E-state index in [2.05, 4.69) is 10.6 Å².